The largest absolute Gasteiger partial charge is 0.207 e. The average Bonchev–Trinajstić information content (AvgIpc) is 1.89. The van der Waals surface area contributed by atoms with Gasteiger partial charge in [0.15, 0.2) is 0 Å². The molecule has 0 nitrogen and oxygen atoms in total. The molecule has 0 saturated heterocycles. The van der Waals surface area contributed by atoms with Gasteiger partial charge in [-0.15, -0.1) is 11.6 Å². The Kier molecular flexibility index (Phi) is 2.06. The molecule has 0 heterocycles. The van der Waals surface area contributed by atoms with Gasteiger partial charge in [0.25, 0.3) is 0 Å². The molecule has 47 valence electrons. The van der Waals surface area contributed by atoms with Gasteiger partial charge in [-0.25, -0.2) is 4.39 Å². The Balaban J connectivity index is 3.01. The lowest BCUT2D eigenvalue weighted by atomic mass is 10.2. The minimum Gasteiger partial charge on any atom is -0.207 e. The van der Waals surface area contributed by atoms with Gasteiger partial charge in [0, 0.05) is 5.56 Å². The molecule has 1 aromatic rings. The van der Waals surface area contributed by atoms with E-state index in [2.05, 4.69) is 0 Å². The lowest BCUT2D eigenvalue weighted by Crippen LogP contribution is -1.80. The van der Waals surface area contributed by atoms with Crippen molar-refractivity contribution < 1.29 is 4.39 Å². The van der Waals surface area contributed by atoms with Crippen LogP contribution < -0.4 is 0 Å². The molecular weight excluding hydrogens is 139 g/mol. The minimum absolute atomic E-state index is 0.285. The summed E-state index contributed by atoms with van der Waals surface area (Å²) in [6.45, 7) is 0. The summed E-state index contributed by atoms with van der Waals surface area (Å²) in [5.41, 5.74) is 0.430. The molecule has 0 spiro atoms. The molecule has 0 atom stereocenters. The number of rotatable bonds is 1. The summed E-state index contributed by atoms with van der Waals surface area (Å²) in [7, 11) is 0. The zero-order valence-corrected chi connectivity index (χ0v) is 5.40. The molecule has 1 radical (unpaired) electrons. The van der Waals surface area contributed by atoms with Crippen LogP contribution in [0.25, 0.3) is 0 Å². The van der Waals surface area contributed by atoms with Crippen LogP contribution in [-0.2, 0) is 0 Å². The second kappa shape index (κ2) is 2.83. The van der Waals surface area contributed by atoms with Gasteiger partial charge in [0.05, 0.1) is 5.88 Å². The zero-order valence-electron chi connectivity index (χ0n) is 4.64. The van der Waals surface area contributed by atoms with Crippen LogP contribution in [0.2, 0.25) is 0 Å². The first-order chi connectivity index (χ1) is 4.34. The summed E-state index contributed by atoms with van der Waals surface area (Å²) < 4.78 is 12.5. The normalized spacial score (nSPS) is 9.56. The molecular formula is C7H5ClF. The SMILES string of the molecule is Fc1ccccc1[CH]Cl. The van der Waals surface area contributed by atoms with E-state index in [1.165, 1.54) is 11.9 Å². The number of hydrogen-bond acceptors (Lipinski definition) is 0. The summed E-state index contributed by atoms with van der Waals surface area (Å²) in [5, 5.41) is 0. The van der Waals surface area contributed by atoms with Crippen LogP contribution in [0.5, 0.6) is 0 Å². The Labute approximate surface area is 58.3 Å². The Hall–Kier alpha value is -0.560. The Morgan fingerprint density at radius 1 is 1.33 bits per heavy atom. The molecule has 0 aliphatic heterocycles. The van der Waals surface area contributed by atoms with Crippen LogP contribution in [0.3, 0.4) is 0 Å². The van der Waals surface area contributed by atoms with Crippen molar-refractivity contribution in [2.75, 3.05) is 0 Å². The van der Waals surface area contributed by atoms with Crippen LogP contribution in [-0.4, -0.2) is 0 Å². The smallest absolute Gasteiger partial charge is 0.127 e. The highest BCUT2D eigenvalue weighted by atomic mass is 35.5. The van der Waals surface area contributed by atoms with Gasteiger partial charge in [-0.1, -0.05) is 18.2 Å². The molecule has 0 N–H and O–H groups in total. The lowest BCUT2D eigenvalue weighted by Gasteiger charge is -1.92. The van der Waals surface area contributed by atoms with E-state index in [0.717, 1.165) is 0 Å². The molecule has 0 aliphatic carbocycles. The van der Waals surface area contributed by atoms with E-state index >= 15 is 0 Å². The van der Waals surface area contributed by atoms with Crippen molar-refractivity contribution in [3.05, 3.63) is 41.5 Å². The Morgan fingerprint density at radius 3 is 2.44 bits per heavy atom. The van der Waals surface area contributed by atoms with Crippen molar-refractivity contribution in [2.24, 2.45) is 0 Å². The third-order valence-electron chi connectivity index (χ3n) is 1.02. The fraction of sp³-hybridized carbons (Fsp3) is 0. The van der Waals surface area contributed by atoms with Crippen LogP contribution in [0.15, 0.2) is 24.3 Å². The van der Waals surface area contributed by atoms with E-state index in [-0.39, 0.29) is 5.82 Å². The fourth-order valence-electron chi connectivity index (χ4n) is 0.564. The van der Waals surface area contributed by atoms with Crippen LogP contribution >= 0.6 is 11.6 Å². The van der Waals surface area contributed by atoms with E-state index in [1.807, 2.05) is 0 Å². The highest BCUT2D eigenvalue weighted by molar-refractivity contribution is 6.25. The van der Waals surface area contributed by atoms with E-state index in [4.69, 9.17) is 11.6 Å². The second-order valence-electron chi connectivity index (χ2n) is 1.63. The molecule has 9 heavy (non-hydrogen) atoms. The monoisotopic (exact) mass is 143 g/mol. The van der Waals surface area contributed by atoms with Gasteiger partial charge in [-0.05, 0) is 6.07 Å². The minimum atomic E-state index is -0.285. The summed E-state index contributed by atoms with van der Waals surface area (Å²) in [5.74, 6) is 0.933. The van der Waals surface area contributed by atoms with Crippen LogP contribution in [0, 0.1) is 11.7 Å². The number of halogens is 2. The van der Waals surface area contributed by atoms with E-state index in [1.54, 1.807) is 18.2 Å². The average molecular weight is 144 g/mol. The zero-order chi connectivity index (χ0) is 6.69. The Morgan fingerprint density at radius 2 is 2.00 bits per heavy atom. The first kappa shape index (κ1) is 6.56. The molecule has 2 heteroatoms. The number of benzene rings is 1. The van der Waals surface area contributed by atoms with Crippen molar-refractivity contribution in [3.8, 4) is 0 Å². The second-order valence-corrected chi connectivity index (χ2v) is 1.85. The summed E-state index contributed by atoms with van der Waals surface area (Å²) >= 11 is 5.27. The highest BCUT2D eigenvalue weighted by Crippen LogP contribution is 2.09. The van der Waals surface area contributed by atoms with Gasteiger partial charge < -0.3 is 0 Å². The summed E-state index contributed by atoms with van der Waals surface area (Å²) in [4.78, 5) is 0. The standard InChI is InChI=1S/C7H5ClF/c8-5-6-3-1-2-4-7(6)9/h1-5H. The first-order valence-electron chi connectivity index (χ1n) is 2.52. The number of hydrogen-bond donors (Lipinski definition) is 0. The third-order valence-corrected chi connectivity index (χ3v) is 1.26. The maximum Gasteiger partial charge on any atom is 0.127 e. The first-order valence-corrected chi connectivity index (χ1v) is 2.96. The molecule has 1 aromatic carbocycles. The summed E-state index contributed by atoms with van der Waals surface area (Å²) in [6.07, 6.45) is 0. The van der Waals surface area contributed by atoms with E-state index in [9.17, 15) is 4.39 Å². The fourth-order valence-corrected chi connectivity index (χ4v) is 0.741. The topological polar surface area (TPSA) is 0 Å². The van der Waals surface area contributed by atoms with Crippen molar-refractivity contribution in [1.29, 1.82) is 0 Å². The van der Waals surface area contributed by atoms with Crippen molar-refractivity contribution in [3.63, 3.8) is 0 Å². The Bertz CT molecular complexity index is 198. The third kappa shape index (κ3) is 1.42. The predicted molar refractivity (Wildman–Crippen MR) is 35.7 cm³/mol. The van der Waals surface area contributed by atoms with Gasteiger partial charge in [-0.3, -0.25) is 0 Å². The van der Waals surface area contributed by atoms with Gasteiger partial charge >= 0.3 is 0 Å². The van der Waals surface area contributed by atoms with E-state index in [0.29, 0.717) is 5.56 Å². The van der Waals surface area contributed by atoms with Crippen LogP contribution in [0.1, 0.15) is 5.56 Å². The van der Waals surface area contributed by atoms with Crippen molar-refractivity contribution in [2.45, 2.75) is 0 Å². The predicted octanol–water partition coefficient (Wildman–Crippen LogP) is 2.57. The summed E-state index contributed by atoms with van der Waals surface area (Å²) in [6, 6.07) is 6.34. The molecule has 0 aromatic heterocycles. The molecule has 0 aliphatic rings. The maximum absolute atomic E-state index is 12.5. The molecule has 0 unspecified atom stereocenters. The van der Waals surface area contributed by atoms with Gasteiger partial charge in [-0.2, -0.15) is 0 Å². The molecule has 0 fully saturated rings. The highest BCUT2D eigenvalue weighted by Gasteiger charge is 1.95. The van der Waals surface area contributed by atoms with E-state index < -0.39 is 0 Å². The molecule has 1 rings (SSSR count). The quantitative estimate of drug-likeness (QED) is 0.567. The van der Waals surface area contributed by atoms with Crippen LogP contribution in [0.4, 0.5) is 4.39 Å². The molecule has 0 amide bonds. The maximum atomic E-state index is 12.5. The lowest BCUT2D eigenvalue weighted by molar-refractivity contribution is 0.622. The van der Waals surface area contributed by atoms with Gasteiger partial charge in [0.1, 0.15) is 5.82 Å². The van der Waals surface area contributed by atoms with Gasteiger partial charge in [0.2, 0.25) is 0 Å². The van der Waals surface area contributed by atoms with Crippen molar-refractivity contribution in [1.82, 2.24) is 0 Å². The molecule has 0 bridgehead atoms. The molecule has 0 saturated carbocycles. The van der Waals surface area contributed by atoms with Crippen molar-refractivity contribution >= 4 is 11.6 Å².